The maximum atomic E-state index is 14.2. The second kappa shape index (κ2) is 15.4. The monoisotopic (exact) mass is 606 g/mol. The van der Waals surface area contributed by atoms with Gasteiger partial charge in [-0.1, -0.05) is 41.9 Å². The highest BCUT2D eigenvalue weighted by Crippen LogP contribution is 2.29. The number of carbonyl (C=O) groups is 1. The minimum absolute atomic E-state index is 0.196. The lowest BCUT2D eigenvalue weighted by Gasteiger charge is -2.24. The van der Waals surface area contributed by atoms with E-state index in [-0.39, 0.29) is 5.91 Å². The summed E-state index contributed by atoms with van der Waals surface area (Å²) in [6, 6.07) is 19.6. The molecule has 7 heteroatoms. The number of halogens is 1. The molecule has 0 spiro atoms. The fraction of sp³-hybridized carbons (Fsp3) is 0.243. The first-order valence-electron chi connectivity index (χ1n) is 15.2. The summed E-state index contributed by atoms with van der Waals surface area (Å²) in [5.74, 6) is 0.697. The number of aromatic nitrogens is 1. The summed E-state index contributed by atoms with van der Waals surface area (Å²) in [6.07, 6.45) is 17.4. The molecule has 3 heterocycles. The van der Waals surface area contributed by atoms with E-state index in [0.29, 0.717) is 29.5 Å². The average Bonchev–Trinajstić information content (AvgIpc) is 3.41. The molecule has 1 fully saturated rings. The smallest absolute Gasteiger partial charge is 0.293 e. The molecule has 0 unspecified atom stereocenters. The van der Waals surface area contributed by atoms with Gasteiger partial charge in [0.05, 0.1) is 6.54 Å². The van der Waals surface area contributed by atoms with Gasteiger partial charge in [0.15, 0.2) is 5.76 Å². The Morgan fingerprint density at radius 2 is 1.82 bits per heavy atom. The molecular weight excluding hydrogens is 568 g/mol. The maximum Gasteiger partial charge on any atom is 0.293 e. The molecule has 2 aliphatic heterocycles. The number of amides is 1. The van der Waals surface area contributed by atoms with E-state index in [1.54, 1.807) is 17.3 Å². The molecule has 3 aromatic rings. The van der Waals surface area contributed by atoms with Gasteiger partial charge in [-0.05, 0) is 116 Å². The molecule has 1 aromatic heterocycles. The van der Waals surface area contributed by atoms with Crippen LogP contribution in [0.2, 0.25) is 5.02 Å². The molecule has 1 N–H and O–H groups in total. The van der Waals surface area contributed by atoms with Crippen LogP contribution in [0, 0.1) is 0 Å². The number of hydrogen-bond donors (Lipinski definition) is 1. The van der Waals surface area contributed by atoms with Crippen molar-refractivity contribution in [2.45, 2.75) is 33.2 Å². The zero-order valence-electron chi connectivity index (χ0n) is 25.4. The molecule has 5 rings (SSSR count). The van der Waals surface area contributed by atoms with Gasteiger partial charge in [-0.25, -0.2) is 0 Å². The van der Waals surface area contributed by atoms with E-state index in [4.69, 9.17) is 16.3 Å². The van der Waals surface area contributed by atoms with Gasteiger partial charge < -0.3 is 19.9 Å². The Morgan fingerprint density at radius 3 is 2.59 bits per heavy atom. The molecule has 1 amide bonds. The van der Waals surface area contributed by atoms with Crippen molar-refractivity contribution in [3.8, 4) is 11.1 Å². The van der Waals surface area contributed by atoms with Crippen LogP contribution in [0.1, 0.15) is 37.8 Å². The first kappa shape index (κ1) is 31.0. The van der Waals surface area contributed by atoms with Gasteiger partial charge in [-0.3, -0.25) is 9.78 Å². The molecule has 0 bridgehead atoms. The summed E-state index contributed by atoms with van der Waals surface area (Å²) in [4.78, 5) is 22.6. The summed E-state index contributed by atoms with van der Waals surface area (Å²) in [5.41, 5.74) is 6.16. The molecule has 6 nitrogen and oxygen atoms in total. The Hall–Kier alpha value is -4.39. The molecule has 0 atom stereocenters. The lowest BCUT2D eigenvalue weighted by molar-refractivity contribution is -0.127. The highest BCUT2D eigenvalue weighted by Gasteiger charge is 2.25. The zero-order valence-corrected chi connectivity index (χ0v) is 26.1. The first-order chi connectivity index (χ1) is 21.6. The van der Waals surface area contributed by atoms with Crippen molar-refractivity contribution in [3.63, 3.8) is 0 Å². The van der Waals surface area contributed by atoms with E-state index >= 15 is 0 Å². The van der Waals surface area contributed by atoms with E-state index in [1.165, 1.54) is 0 Å². The molecule has 0 aliphatic carbocycles. The maximum absolute atomic E-state index is 14.2. The molecular formula is C37H39ClN4O2. The van der Waals surface area contributed by atoms with E-state index < -0.39 is 0 Å². The Kier molecular flexibility index (Phi) is 10.8. The Bertz CT molecular complexity index is 1580. The van der Waals surface area contributed by atoms with Gasteiger partial charge in [0.2, 0.25) is 0 Å². The molecule has 0 radical (unpaired) electrons. The number of nitrogens with zero attached hydrogens (tertiary/aromatic N) is 3. The number of hydrogen-bond acceptors (Lipinski definition) is 5. The van der Waals surface area contributed by atoms with E-state index in [9.17, 15) is 4.79 Å². The van der Waals surface area contributed by atoms with Crippen molar-refractivity contribution < 1.29 is 9.53 Å². The third kappa shape index (κ3) is 7.95. The van der Waals surface area contributed by atoms with Crippen molar-refractivity contribution in [3.05, 3.63) is 143 Å². The molecule has 226 valence electrons. The van der Waals surface area contributed by atoms with Crippen molar-refractivity contribution in [2.24, 2.45) is 0 Å². The van der Waals surface area contributed by atoms with Crippen LogP contribution < -0.4 is 5.32 Å². The Morgan fingerprint density at radius 1 is 1.02 bits per heavy atom. The van der Waals surface area contributed by atoms with Gasteiger partial charge in [0.1, 0.15) is 5.76 Å². The fourth-order valence-electron chi connectivity index (χ4n) is 5.43. The van der Waals surface area contributed by atoms with Crippen LogP contribution in [-0.2, 0) is 16.1 Å². The minimum Gasteiger partial charge on any atom is -0.452 e. The van der Waals surface area contributed by atoms with Gasteiger partial charge in [0.25, 0.3) is 5.91 Å². The fourth-order valence-corrected chi connectivity index (χ4v) is 5.56. The third-order valence-electron chi connectivity index (χ3n) is 7.65. The lowest BCUT2D eigenvalue weighted by atomic mass is 10.0. The third-order valence-corrected chi connectivity index (χ3v) is 7.90. The minimum atomic E-state index is -0.196. The summed E-state index contributed by atoms with van der Waals surface area (Å²) >= 11 is 6.13. The number of rotatable bonds is 9. The molecule has 2 aliphatic rings. The van der Waals surface area contributed by atoms with Crippen LogP contribution in [0.15, 0.2) is 127 Å². The van der Waals surface area contributed by atoms with Crippen LogP contribution in [0.3, 0.4) is 0 Å². The van der Waals surface area contributed by atoms with Crippen molar-refractivity contribution in [1.82, 2.24) is 20.1 Å². The Balaban J connectivity index is 1.52. The Labute approximate surface area is 265 Å². The second-order valence-electron chi connectivity index (χ2n) is 10.7. The van der Waals surface area contributed by atoms with Crippen molar-refractivity contribution >= 4 is 23.3 Å². The number of benzene rings is 2. The largest absolute Gasteiger partial charge is 0.452 e. The second-order valence-corrected chi connectivity index (χ2v) is 11.2. The number of allylic oxidation sites excluding steroid dienone is 6. The van der Waals surface area contributed by atoms with E-state index in [1.807, 2.05) is 80.7 Å². The lowest BCUT2D eigenvalue weighted by Crippen LogP contribution is -2.28. The van der Waals surface area contributed by atoms with Crippen LogP contribution >= 0.6 is 11.6 Å². The molecule has 2 aromatic carbocycles. The summed E-state index contributed by atoms with van der Waals surface area (Å²) in [7, 11) is 0. The number of nitrogens with one attached hydrogen (secondary N) is 1. The van der Waals surface area contributed by atoms with Gasteiger partial charge >= 0.3 is 0 Å². The first-order valence-corrected chi connectivity index (χ1v) is 15.5. The number of carbonyl (C=O) groups excluding carboxylic acids is 1. The van der Waals surface area contributed by atoms with Gasteiger partial charge in [-0.15, -0.1) is 0 Å². The van der Waals surface area contributed by atoms with Crippen LogP contribution in [0.4, 0.5) is 0 Å². The molecule has 1 saturated heterocycles. The van der Waals surface area contributed by atoms with Crippen molar-refractivity contribution in [2.75, 3.05) is 26.2 Å². The number of ether oxygens (including phenoxy) is 1. The van der Waals surface area contributed by atoms with Crippen LogP contribution in [0.25, 0.3) is 16.9 Å². The normalized spacial score (nSPS) is 16.8. The quantitative estimate of drug-likeness (QED) is 0.199. The zero-order chi connectivity index (χ0) is 30.7. The summed E-state index contributed by atoms with van der Waals surface area (Å²) in [6.45, 7) is 8.20. The van der Waals surface area contributed by atoms with Crippen LogP contribution in [-0.4, -0.2) is 46.9 Å². The SMILES string of the molecule is C/C=C\C(=C/C1=CN(Cc2ccccc2-c2ccncc2)C(=O)C(O/C(=C\C)c2ccc(Cl)cc2)=CC1)N1CCCNCC1. The van der Waals surface area contributed by atoms with Gasteiger partial charge in [-0.2, -0.15) is 0 Å². The van der Waals surface area contributed by atoms with Crippen LogP contribution in [0.5, 0.6) is 0 Å². The molecule has 0 saturated carbocycles. The highest BCUT2D eigenvalue weighted by molar-refractivity contribution is 6.30. The topological polar surface area (TPSA) is 57.7 Å². The van der Waals surface area contributed by atoms with E-state index in [2.05, 4.69) is 45.6 Å². The predicted molar refractivity (Wildman–Crippen MR) is 179 cm³/mol. The highest BCUT2D eigenvalue weighted by atomic mass is 35.5. The number of pyridine rings is 1. The predicted octanol–water partition coefficient (Wildman–Crippen LogP) is 7.74. The van der Waals surface area contributed by atoms with Crippen molar-refractivity contribution in [1.29, 1.82) is 0 Å². The molecule has 44 heavy (non-hydrogen) atoms. The average molecular weight is 607 g/mol. The summed E-state index contributed by atoms with van der Waals surface area (Å²) < 4.78 is 6.37. The van der Waals surface area contributed by atoms with Gasteiger partial charge in [0, 0.05) is 54.5 Å². The standard InChI is InChI=1S/C37H39ClN4O2/c1-3-8-33(41-23-7-19-39-22-24-41)25-28-11-16-36(44-35(4-2)30-12-14-32(38)15-13-30)37(43)42(26-28)27-31-9-5-6-10-34(31)29-17-20-40-21-18-29/h3-6,8-10,12-18,20-21,25-26,39H,7,11,19,22-24,27H2,1-2H3/b8-3-,33-25+,35-4-. The van der Waals surface area contributed by atoms with E-state index in [0.717, 1.165) is 66.1 Å². The summed E-state index contributed by atoms with van der Waals surface area (Å²) in [5, 5.41) is 4.13.